The highest BCUT2D eigenvalue weighted by Crippen LogP contribution is 2.28. The molecule has 2 fully saturated rings. The first-order valence-corrected chi connectivity index (χ1v) is 6.46. The van der Waals surface area contributed by atoms with Gasteiger partial charge in [-0.15, -0.1) is 0 Å². The molecule has 1 N–H and O–H groups in total. The van der Waals surface area contributed by atoms with Gasteiger partial charge in [0.05, 0.1) is 13.7 Å². The molecule has 16 heavy (non-hydrogen) atoms. The smallest absolute Gasteiger partial charge is 0.108 e. The minimum atomic E-state index is 0.682. The summed E-state index contributed by atoms with van der Waals surface area (Å²) < 4.78 is 5.47. The molecular weight excluding hydrogens is 200 g/mol. The topological polar surface area (TPSA) is 24.5 Å². The van der Waals surface area contributed by atoms with E-state index in [4.69, 9.17) is 4.74 Å². The highest BCUT2D eigenvalue weighted by atomic mass is 16.5. The molecule has 0 amide bonds. The fraction of sp³-hybridized carbons (Fsp3) is 0.846. The van der Waals surface area contributed by atoms with Gasteiger partial charge >= 0.3 is 0 Å². The van der Waals surface area contributed by atoms with Crippen LogP contribution < -0.4 is 5.32 Å². The maximum atomic E-state index is 5.47. The van der Waals surface area contributed by atoms with E-state index in [1.54, 1.807) is 7.11 Å². The second-order valence-electron chi connectivity index (χ2n) is 5.04. The number of piperidine rings is 1. The Hall–Kier alpha value is -0.540. The third kappa shape index (κ3) is 2.98. The van der Waals surface area contributed by atoms with Gasteiger partial charge in [-0.3, -0.25) is 0 Å². The summed E-state index contributed by atoms with van der Waals surface area (Å²) in [6, 6.07) is 0.682. The van der Waals surface area contributed by atoms with Gasteiger partial charge in [-0.25, -0.2) is 0 Å². The monoisotopic (exact) mass is 224 g/mol. The van der Waals surface area contributed by atoms with Crippen LogP contribution in [0, 0.1) is 0 Å². The van der Waals surface area contributed by atoms with Crippen molar-refractivity contribution in [1.82, 2.24) is 10.2 Å². The number of nitrogens with one attached hydrogen (secondary N) is 1. The molecule has 3 heteroatoms. The normalized spacial score (nSPS) is 23.0. The van der Waals surface area contributed by atoms with Crippen LogP contribution in [0.25, 0.3) is 0 Å². The van der Waals surface area contributed by atoms with Crippen LogP contribution in [0.15, 0.2) is 11.3 Å². The van der Waals surface area contributed by atoms with Gasteiger partial charge in [0.2, 0.25) is 0 Å². The number of methoxy groups -OCH3 is 1. The van der Waals surface area contributed by atoms with E-state index in [0.717, 1.165) is 6.54 Å². The third-order valence-corrected chi connectivity index (χ3v) is 3.87. The van der Waals surface area contributed by atoms with Gasteiger partial charge in [-0.05, 0) is 57.8 Å². The average molecular weight is 224 g/mol. The van der Waals surface area contributed by atoms with Crippen LogP contribution in [0.5, 0.6) is 0 Å². The number of likely N-dealkylation sites (tertiary alicyclic amines) is 1. The molecule has 0 radical (unpaired) electrons. The minimum Gasteiger partial charge on any atom is -0.500 e. The Morgan fingerprint density at radius 3 is 2.56 bits per heavy atom. The van der Waals surface area contributed by atoms with Crippen molar-refractivity contribution in [3.05, 3.63) is 11.3 Å². The van der Waals surface area contributed by atoms with E-state index in [-0.39, 0.29) is 0 Å². The molecule has 92 valence electrons. The molecule has 0 atom stereocenters. The molecule has 0 bridgehead atoms. The molecular formula is C13H24N2O. The van der Waals surface area contributed by atoms with Crippen LogP contribution in [0.3, 0.4) is 0 Å². The van der Waals surface area contributed by atoms with Gasteiger partial charge in [0.25, 0.3) is 0 Å². The summed E-state index contributed by atoms with van der Waals surface area (Å²) in [5.74, 6) is 1.20. The Bertz CT molecular complexity index is 249. The lowest BCUT2D eigenvalue weighted by molar-refractivity contribution is 0.221. The molecule has 0 aromatic rings. The molecule has 2 aliphatic rings. The van der Waals surface area contributed by atoms with Crippen LogP contribution in [0.4, 0.5) is 0 Å². The maximum absolute atomic E-state index is 5.47. The van der Waals surface area contributed by atoms with E-state index in [9.17, 15) is 0 Å². The van der Waals surface area contributed by atoms with Gasteiger partial charge in [0.15, 0.2) is 0 Å². The van der Waals surface area contributed by atoms with E-state index in [2.05, 4.69) is 17.3 Å². The first kappa shape index (κ1) is 11.9. The van der Waals surface area contributed by atoms with Crippen molar-refractivity contribution in [3.63, 3.8) is 0 Å². The largest absolute Gasteiger partial charge is 0.500 e. The zero-order valence-electron chi connectivity index (χ0n) is 10.6. The van der Waals surface area contributed by atoms with Crippen LogP contribution in [-0.4, -0.2) is 44.7 Å². The minimum absolute atomic E-state index is 0.682. The van der Waals surface area contributed by atoms with Crippen molar-refractivity contribution in [2.45, 2.75) is 38.1 Å². The Labute approximate surface area is 98.8 Å². The number of ether oxygens (including phenoxy) is 1. The van der Waals surface area contributed by atoms with Gasteiger partial charge in [0.1, 0.15) is 5.76 Å². The Balaban J connectivity index is 1.74. The van der Waals surface area contributed by atoms with Crippen molar-refractivity contribution < 1.29 is 4.74 Å². The predicted octanol–water partition coefficient (Wildman–Crippen LogP) is 1.75. The van der Waals surface area contributed by atoms with Gasteiger partial charge < -0.3 is 15.0 Å². The summed E-state index contributed by atoms with van der Waals surface area (Å²) in [5, 5.41) is 3.63. The van der Waals surface area contributed by atoms with E-state index >= 15 is 0 Å². The lowest BCUT2D eigenvalue weighted by atomic mass is 9.91. The molecule has 1 aliphatic heterocycles. The quantitative estimate of drug-likeness (QED) is 0.736. The molecule has 2 rings (SSSR count). The highest BCUT2D eigenvalue weighted by Gasteiger charge is 2.19. The zero-order chi connectivity index (χ0) is 11.4. The summed E-state index contributed by atoms with van der Waals surface area (Å²) in [5.41, 5.74) is 1.53. The van der Waals surface area contributed by atoms with Crippen LogP contribution >= 0.6 is 0 Å². The zero-order valence-corrected chi connectivity index (χ0v) is 10.6. The van der Waals surface area contributed by atoms with Crippen molar-refractivity contribution in [3.8, 4) is 0 Å². The molecule has 0 aromatic carbocycles. The third-order valence-electron chi connectivity index (χ3n) is 3.87. The van der Waals surface area contributed by atoms with E-state index in [1.807, 2.05) is 0 Å². The molecule has 1 saturated heterocycles. The van der Waals surface area contributed by atoms with E-state index < -0.39 is 0 Å². The standard InChI is InChI=1S/C13H24N2O/c1-15-8-6-12(7-9-15)14-10-13(16-2)11-4-3-5-11/h12,14H,3-10H2,1-2H3. The summed E-state index contributed by atoms with van der Waals surface area (Å²) in [4.78, 5) is 2.40. The van der Waals surface area contributed by atoms with E-state index in [0.29, 0.717) is 6.04 Å². The first-order chi connectivity index (χ1) is 7.79. The summed E-state index contributed by atoms with van der Waals surface area (Å²) in [6.45, 7) is 3.37. The fourth-order valence-electron chi connectivity index (χ4n) is 2.42. The Morgan fingerprint density at radius 2 is 2.06 bits per heavy atom. The average Bonchev–Trinajstić information content (AvgIpc) is 2.23. The highest BCUT2D eigenvalue weighted by molar-refractivity contribution is 5.16. The lowest BCUT2D eigenvalue weighted by Gasteiger charge is -2.30. The Morgan fingerprint density at radius 1 is 1.38 bits per heavy atom. The molecule has 1 heterocycles. The van der Waals surface area contributed by atoms with Crippen LogP contribution in [-0.2, 0) is 4.74 Å². The van der Waals surface area contributed by atoms with Gasteiger partial charge in [-0.1, -0.05) is 0 Å². The fourth-order valence-corrected chi connectivity index (χ4v) is 2.42. The Kier molecular flexibility index (Phi) is 4.24. The lowest BCUT2D eigenvalue weighted by Crippen LogP contribution is -2.41. The van der Waals surface area contributed by atoms with Crippen LogP contribution in [0.2, 0.25) is 0 Å². The molecule has 0 unspecified atom stereocenters. The summed E-state index contributed by atoms with van der Waals surface area (Å²) in [7, 11) is 4.00. The van der Waals surface area contributed by atoms with Crippen molar-refractivity contribution >= 4 is 0 Å². The predicted molar refractivity (Wildman–Crippen MR) is 66.4 cm³/mol. The second-order valence-corrected chi connectivity index (χ2v) is 5.04. The summed E-state index contributed by atoms with van der Waals surface area (Å²) in [6.07, 6.45) is 6.37. The number of allylic oxidation sites excluding steroid dienone is 1. The number of hydrogen-bond acceptors (Lipinski definition) is 3. The number of nitrogens with zero attached hydrogens (tertiary/aromatic N) is 1. The SMILES string of the molecule is COC(CNC1CCN(C)CC1)=C1CCC1. The molecule has 1 saturated carbocycles. The maximum Gasteiger partial charge on any atom is 0.108 e. The van der Waals surface area contributed by atoms with Gasteiger partial charge in [0, 0.05) is 6.04 Å². The first-order valence-electron chi connectivity index (χ1n) is 6.46. The summed E-state index contributed by atoms with van der Waals surface area (Å²) >= 11 is 0. The molecule has 1 aliphatic carbocycles. The molecule has 0 aromatic heterocycles. The number of rotatable bonds is 4. The van der Waals surface area contributed by atoms with Crippen molar-refractivity contribution in [1.29, 1.82) is 0 Å². The van der Waals surface area contributed by atoms with Gasteiger partial charge in [-0.2, -0.15) is 0 Å². The molecule has 3 nitrogen and oxygen atoms in total. The van der Waals surface area contributed by atoms with Crippen molar-refractivity contribution in [2.75, 3.05) is 33.8 Å². The van der Waals surface area contributed by atoms with E-state index in [1.165, 1.54) is 56.5 Å². The second kappa shape index (κ2) is 5.69. The molecule has 0 spiro atoms. The van der Waals surface area contributed by atoms with Crippen LogP contribution in [0.1, 0.15) is 32.1 Å². The number of hydrogen-bond donors (Lipinski definition) is 1. The van der Waals surface area contributed by atoms with Crippen molar-refractivity contribution in [2.24, 2.45) is 0 Å².